The average molecular weight is 675 g/mol. The second-order valence-electron chi connectivity index (χ2n) is 13.7. The molecular weight excluding hydrogens is 633 g/mol. The van der Waals surface area contributed by atoms with Gasteiger partial charge in [0.25, 0.3) is 0 Å². The molecule has 8 rings (SSSR count). The van der Waals surface area contributed by atoms with Crippen LogP contribution < -0.4 is 20.7 Å². The van der Waals surface area contributed by atoms with E-state index in [1.165, 1.54) is 64.6 Å². The molecule has 0 N–H and O–H groups in total. The SMILES string of the molecule is CC1=C(C2=C(C)C(C)=C(c3ccccc3)[Si]2(c2ccccc2)c2ccccc2)[Si](c2ccccc2)(c2ccccc2)C(c2ccccc2)=C1C. The van der Waals surface area contributed by atoms with Crippen LogP contribution in [0.15, 0.2) is 215 Å². The van der Waals surface area contributed by atoms with Crippen molar-refractivity contribution in [2.75, 3.05) is 0 Å². The molecule has 2 heteroatoms. The van der Waals surface area contributed by atoms with Crippen LogP contribution in [-0.4, -0.2) is 16.1 Å². The maximum atomic E-state index is 2.43. The van der Waals surface area contributed by atoms with E-state index in [0.29, 0.717) is 0 Å². The normalized spacial score (nSPS) is 16.8. The Kier molecular flexibility index (Phi) is 8.23. The first kappa shape index (κ1) is 31.9. The Bertz CT molecular complexity index is 2050. The zero-order valence-electron chi connectivity index (χ0n) is 29.3. The van der Waals surface area contributed by atoms with Crippen molar-refractivity contribution >= 4 is 47.3 Å². The van der Waals surface area contributed by atoms with Crippen LogP contribution in [0.5, 0.6) is 0 Å². The molecule has 0 saturated heterocycles. The summed E-state index contributed by atoms with van der Waals surface area (Å²) in [7, 11) is -5.85. The fourth-order valence-electron chi connectivity index (χ4n) is 9.19. The molecule has 0 aromatic heterocycles. The summed E-state index contributed by atoms with van der Waals surface area (Å²) in [5.74, 6) is 0. The van der Waals surface area contributed by atoms with E-state index in [-0.39, 0.29) is 0 Å². The molecule has 0 atom stereocenters. The smallest absolute Gasteiger partial charge is 0.0623 e. The molecule has 0 amide bonds. The van der Waals surface area contributed by atoms with Crippen molar-refractivity contribution in [2.45, 2.75) is 27.7 Å². The fraction of sp³-hybridized carbons (Fsp3) is 0.0833. The van der Waals surface area contributed by atoms with E-state index in [1.807, 2.05) is 0 Å². The van der Waals surface area contributed by atoms with Crippen LogP contribution in [-0.2, 0) is 0 Å². The summed E-state index contributed by atoms with van der Waals surface area (Å²) in [6, 6.07) is 68.6. The molecule has 0 spiro atoms. The van der Waals surface area contributed by atoms with Crippen molar-refractivity contribution in [3.63, 3.8) is 0 Å². The van der Waals surface area contributed by atoms with Gasteiger partial charge in [-0.3, -0.25) is 0 Å². The third-order valence-corrected chi connectivity index (χ3v) is 22.0. The third kappa shape index (κ3) is 4.63. The van der Waals surface area contributed by atoms with Crippen LogP contribution in [0.2, 0.25) is 0 Å². The molecule has 2 heterocycles. The van der Waals surface area contributed by atoms with Gasteiger partial charge in [0.2, 0.25) is 0 Å². The molecule has 0 bridgehead atoms. The minimum Gasteiger partial charge on any atom is -0.0623 e. The summed E-state index contributed by atoms with van der Waals surface area (Å²) in [6.45, 7) is 9.66. The van der Waals surface area contributed by atoms with Gasteiger partial charge < -0.3 is 0 Å². The lowest BCUT2D eigenvalue weighted by molar-refractivity contribution is 1.32. The number of allylic oxidation sites excluding steroid dienone is 6. The van der Waals surface area contributed by atoms with Crippen LogP contribution in [0.1, 0.15) is 38.8 Å². The summed E-state index contributed by atoms with van der Waals surface area (Å²) in [5.41, 5.74) is 8.36. The zero-order chi connectivity index (χ0) is 34.3. The molecule has 0 unspecified atom stereocenters. The minimum atomic E-state index is -2.92. The van der Waals surface area contributed by atoms with Crippen LogP contribution in [0.4, 0.5) is 0 Å². The quantitative estimate of drug-likeness (QED) is 0.148. The van der Waals surface area contributed by atoms with Crippen LogP contribution >= 0.6 is 0 Å². The van der Waals surface area contributed by atoms with Crippen LogP contribution in [0.25, 0.3) is 10.4 Å². The first-order valence-corrected chi connectivity index (χ1v) is 21.7. The Morgan fingerprint density at radius 2 is 0.440 bits per heavy atom. The van der Waals surface area contributed by atoms with E-state index in [2.05, 4.69) is 210 Å². The molecule has 242 valence electrons. The number of hydrogen-bond acceptors (Lipinski definition) is 0. The highest BCUT2D eigenvalue weighted by Crippen LogP contribution is 2.54. The van der Waals surface area contributed by atoms with E-state index in [4.69, 9.17) is 0 Å². The van der Waals surface area contributed by atoms with Crippen molar-refractivity contribution in [3.8, 4) is 0 Å². The van der Waals surface area contributed by atoms with Gasteiger partial charge in [-0.25, -0.2) is 0 Å². The Labute approximate surface area is 299 Å². The highest BCUT2D eigenvalue weighted by molar-refractivity contribution is 7.27. The van der Waals surface area contributed by atoms with E-state index >= 15 is 0 Å². The average Bonchev–Trinajstić information content (AvgIpc) is 3.56. The summed E-state index contributed by atoms with van der Waals surface area (Å²) < 4.78 is 0. The first-order chi connectivity index (χ1) is 24.5. The number of hydrogen-bond donors (Lipinski definition) is 0. The van der Waals surface area contributed by atoms with Gasteiger partial charge in [-0.05, 0) is 103 Å². The van der Waals surface area contributed by atoms with Gasteiger partial charge in [-0.15, -0.1) is 0 Å². The topological polar surface area (TPSA) is 0 Å². The monoisotopic (exact) mass is 674 g/mol. The largest absolute Gasteiger partial charge is 0.180 e. The lowest BCUT2D eigenvalue weighted by Crippen LogP contribution is -2.66. The van der Waals surface area contributed by atoms with Crippen molar-refractivity contribution < 1.29 is 0 Å². The number of benzene rings is 6. The second kappa shape index (κ2) is 12.9. The van der Waals surface area contributed by atoms with Crippen molar-refractivity contribution in [1.82, 2.24) is 0 Å². The summed E-state index contributed by atoms with van der Waals surface area (Å²) >= 11 is 0. The van der Waals surface area contributed by atoms with E-state index in [9.17, 15) is 0 Å². The molecule has 0 nitrogen and oxygen atoms in total. The standard InChI is InChI=1S/C48H42Si2/c1-35-37(3)47(49(41-27-15-7-16-28-41,42-29-17-8-18-30-42)45(35)39-23-11-5-12-24-39)48-38(4)36(2)46(40-25-13-6-14-26-40)50(48,43-31-19-9-20-32-43)44-33-21-10-22-34-44/h5-34H,1-4H3. The van der Waals surface area contributed by atoms with Gasteiger partial charge in [0.05, 0.1) is 0 Å². The summed E-state index contributed by atoms with van der Waals surface area (Å²) in [5, 5.41) is 11.9. The predicted octanol–water partition coefficient (Wildman–Crippen LogP) is 9.28. The summed E-state index contributed by atoms with van der Waals surface area (Å²) in [6.07, 6.45) is 0. The Morgan fingerprint density at radius 1 is 0.240 bits per heavy atom. The van der Waals surface area contributed by atoms with Gasteiger partial charge >= 0.3 is 0 Å². The van der Waals surface area contributed by atoms with Gasteiger partial charge in [-0.2, -0.15) is 0 Å². The first-order valence-electron chi connectivity index (χ1n) is 17.7. The third-order valence-electron chi connectivity index (χ3n) is 11.3. The predicted molar refractivity (Wildman–Crippen MR) is 219 cm³/mol. The van der Waals surface area contributed by atoms with Gasteiger partial charge in [0, 0.05) is 0 Å². The second-order valence-corrected chi connectivity index (χ2v) is 21.0. The molecule has 0 radical (unpaired) electrons. The molecule has 6 aromatic carbocycles. The van der Waals surface area contributed by atoms with Gasteiger partial charge in [0.15, 0.2) is 16.1 Å². The van der Waals surface area contributed by atoms with Crippen molar-refractivity contribution in [1.29, 1.82) is 0 Å². The van der Waals surface area contributed by atoms with Crippen molar-refractivity contribution in [2.24, 2.45) is 0 Å². The Hall–Kier alpha value is -5.29. The van der Waals surface area contributed by atoms with Gasteiger partial charge in [-0.1, -0.05) is 182 Å². The van der Waals surface area contributed by atoms with Crippen molar-refractivity contribution in [3.05, 3.63) is 226 Å². The van der Waals surface area contributed by atoms with E-state index in [0.717, 1.165) is 0 Å². The van der Waals surface area contributed by atoms with E-state index < -0.39 is 16.1 Å². The molecule has 50 heavy (non-hydrogen) atoms. The Morgan fingerprint density at radius 3 is 0.680 bits per heavy atom. The minimum absolute atomic E-state index is 1.33. The molecule has 6 aromatic rings. The lowest BCUT2D eigenvalue weighted by atomic mass is 10.0. The number of rotatable bonds is 7. The molecule has 0 aliphatic carbocycles. The molecule has 2 aliphatic heterocycles. The fourth-order valence-corrected chi connectivity index (χ4v) is 21.9. The summed E-state index contributed by atoms with van der Waals surface area (Å²) in [4.78, 5) is 0. The highest BCUT2D eigenvalue weighted by Gasteiger charge is 2.59. The van der Waals surface area contributed by atoms with Gasteiger partial charge in [0.1, 0.15) is 0 Å². The molecule has 0 fully saturated rings. The maximum Gasteiger partial charge on any atom is 0.180 e. The van der Waals surface area contributed by atoms with Crippen LogP contribution in [0.3, 0.4) is 0 Å². The molecule has 2 aliphatic rings. The van der Waals surface area contributed by atoms with E-state index in [1.54, 1.807) is 10.4 Å². The zero-order valence-corrected chi connectivity index (χ0v) is 31.3. The van der Waals surface area contributed by atoms with Crippen LogP contribution in [0, 0.1) is 0 Å². The lowest BCUT2D eigenvalue weighted by Gasteiger charge is -2.43. The molecule has 0 saturated carbocycles. The highest BCUT2D eigenvalue weighted by atomic mass is 28.3. The molecular formula is C48H42Si2. The maximum absolute atomic E-state index is 2.92. The Balaban J connectivity index is 1.58.